The molecule has 10 heteroatoms. The number of carbonyl (C=O) groups excluding carboxylic acids is 2. The van der Waals surface area contributed by atoms with Gasteiger partial charge in [0.2, 0.25) is 15.9 Å². The molecular formula is C20H26ClN3O5S. The van der Waals surface area contributed by atoms with Gasteiger partial charge >= 0.3 is 5.97 Å². The van der Waals surface area contributed by atoms with Crippen LogP contribution in [0, 0.1) is 20.8 Å². The average Bonchev–Trinajstić information content (AvgIpc) is 2.94. The van der Waals surface area contributed by atoms with Crippen LogP contribution in [0.3, 0.4) is 0 Å². The number of nitrogens with zero attached hydrogens (tertiary/aromatic N) is 1. The van der Waals surface area contributed by atoms with E-state index in [1.54, 1.807) is 43.5 Å². The summed E-state index contributed by atoms with van der Waals surface area (Å²) in [5, 5.41) is 3.07. The fourth-order valence-electron chi connectivity index (χ4n) is 3.21. The van der Waals surface area contributed by atoms with Crippen molar-refractivity contribution in [3.8, 4) is 0 Å². The number of anilines is 1. The maximum absolute atomic E-state index is 13.0. The zero-order valence-corrected chi connectivity index (χ0v) is 19.2. The maximum Gasteiger partial charge on any atom is 0.341 e. The van der Waals surface area contributed by atoms with E-state index in [0.29, 0.717) is 28.6 Å². The van der Waals surface area contributed by atoms with Gasteiger partial charge in [-0.2, -0.15) is 0 Å². The predicted molar refractivity (Wildman–Crippen MR) is 116 cm³/mol. The van der Waals surface area contributed by atoms with E-state index >= 15 is 0 Å². The number of amides is 1. The van der Waals surface area contributed by atoms with Crippen molar-refractivity contribution in [3.05, 3.63) is 45.7 Å². The maximum atomic E-state index is 13.0. The molecule has 0 atom stereocenters. The summed E-state index contributed by atoms with van der Waals surface area (Å²) in [6.45, 7) is 8.68. The summed E-state index contributed by atoms with van der Waals surface area (Å²) in [4.78, 5) is 24.5. The number of sulfonamides is 1. The number of hydrogen-bond acceptors (Lipinski definition) is 5. The quantitative estimate of drug-likeness (QED) is 0.594. The third-order valence-electron chi connectivity index (χ3n) is 4.67. The average molecular weight is 456 g/mol. The molecule has 0 fully saturated rings. The predicted octanol–water partition coefficient (Wildman–Crippen LogP) is 3.18. The molecule has 0 aliphatic heterocycles. The molecule has 0 bridgehead atoms. The van der Waals surface area contributed by atoms with Gasteiger partial charge in [-0.1, -0.05) is 17.7 Å². The summed E-state index contributed by atoms with van der Waals surface area (Å²) >= 11 is 6.04. The normalized spacial score (nSPS) is 11.4. The number of esters is 1. The van der Waals surface area contributed by atoms with Crippen LogP contribution in [0.5, 0.6) is 0 Å². The Bertz CT molecular complexity index is 1080. The van der Waals surface area contributed by atoms with Gasteiger partial charge < -0.3 is 14.6 Å². The second kappa shape index (κ2) is 9.63. The molecule has 0 aliphatic rings. The molecule has 0 unspecified atom stereocenters. The summed E-state index contributed by atoms with van der Waals surface area (Å²) in [6, 6.07) is 4.99. The number of hydrogen-bond donors (Lipinski definition) is 2. The van der Waals surface area contributed by atoms with E-state index in [4.69, 9.17) is 16.3 Å². The van der Waals surface area contributed by atoms with Crippen LogP contribution in [0.2, 0.25) is 5.02 Å². The van der Waals surface area contributed by atoms with Crippen LogP contribution in [0.1, 0.15) is 41.2 Å². The van der Waals surface area contributed by atoms with Crippen molar-refractivity contribution in [1.82, 2.24) is 9.29 Å². The third kappa shape index (κ3) is 5.03. The standard InChI is InChI=1S/C20H26ClN3O5S/c1-6-24-13(4)18(20(26)29-7-2)19(14(24)5)30(27,28)22-11-17(25)23-15-9-8-12(3)16(21)10-15/h8-10,22H,6-7,11H2,1-5H3,(H,23,25). The fraction of sp³-hybridized carbons (Fsp3) is 0.400. The Kier molecular flexibility index (Phi) is 7.68. The number of carbonyl (C=O) groups is 2. The first-order valence-electron chi connectivity index (χ1n) is 9.45. The molecule has 0 aliphatic carbocycles. The highest BCUT2D eigenvalue weighted by Crippen LogP contribution is 2.28. The first-order chi connectivity index (χ1) is 14.0. The molecular weight excluding hydrogens is 430 g/mol. The molecule has 1 heterocycles. The minimum Gasteiger partial charge on any atom is -0.462 e. The van der Waals surface area contributed by atoms with Crippen LogP contribution in [0.25, 0.3) is 0 Å². The zero-order valence-electron chi connectivity index (χ0n) is 17.6. The van der Waals surface area contributed by atoms with Crippen LogP contribution >= 0.6 is 11.6 Å². The molecule has 1 aromatic carbocycles. The second-order valence-electron chi connectivity index (χ2n) is 6.68. The lowest BCUT2D eigenvalue weighted by Gasteiger charge is -2.10. The molecule has 1 aromatic heterocycles. The highest BCUT2D eigenvalue weighted by molar-refractivity contribution is 7.89. The van der Waals surface area contributed by atoms with E-state index in [1.165, 1.54) is 0 Å². The van der Waals surface area contributed by atoms with E-state index in [0.717, 1.165) is 5.56 Å². The molecule has 164 valence electrons. The molecule has 8 nitrogen and oxygen atoms in total. The van der Waals surface area contributed by atoms with Crippen molar-refractivity contribution in [2.24, 2.45) is 0 Å². The van der Waals surface area contributed by atoms with E-state index < -0.39 is 28.4 Å². The third-order valence-corrected chi connectivity index (χ3v) is 6.64. The number of benzene rings is 1. The Morgan fingerprint density at radius 3 is 2.37 bits per heavy atom. The highest BCUT2D eigenvalue weighted by atomic mass is 35.5. The minimum atomic E-state index is -4.16. The Morgan fingerprint density at radius 2 is 1.80 bits per heavy atom. The van der Waals surface area contributed by atoms with Gasteiger partial charge in [0.05, 0.1) is 13.2 Å². The van der Waals surface area contributed by atoms with Crippen molar-refractivity contribution in [1.29, 1.82) is 0 Å². The molecule has 30 heavy (non-hydrogen) atoms. The van der Waals surface area contributed by atoms with Gasteiger partial charge in [-0.05, 0) is 52.3 Å². The lowest BCUT2D eigenvalue weighted by molar-refractivity contribution is -0.115. The topological polar surface area (TPSA) is 106 Å². The van der Waals surface area contributed by atoms with Crippen LogP contribution < -0.4 is 10.0 Å². The number of rotatable bonds is 8. The first-order valence-corrected chi connectivity index (χ1v) is 11.3. The van der Waals surface area contributed by atoms with Crippen LogP contribution in [0.15, 0.2) is 23.1 Å². The van der Waals surface area contributed by atoms with Gasteiger partial charge in [-0.3, -0.25) is 4.79 Å². The SMILES string of the molecule is CCOC(=O)c1c(S(=O)(=O)NCC(=O)Nc2ccc(C)c(Cl)c2)c(C)n(CC)c1C. The van der Waals surface area contributed by atoms with Crippen LogP contribution in [-0.2, 0) is 26.1 Å². The molecule has 2 aromatic rings. The molecule has 0 saturated carbocycles. The summed E-state index contributed by atoms with van der Waals surface area (Å²) in [5.41, 5.74) is 2.18. The summed E-state index contributed by atoms with van der Waals surface area (Å²) in [5.74, 6) is -1.29. The number of halogens is 1. The first kappa shape index (κ1) is 23.9. The van der Waals surface area contributed by atoms with E-state index in [1.807, 2.05) is 13.8 Å². The highest BCUT2D eigenvalue weighted by Gasteiger charge is 2.32. The number of aryl methyl sites for hydroxylation is 1. The number of aromatic nitrogens is 1. The van der Waals surface area contributed by atoms with Crippen molar-refractivity contribution >= 4 is 39.2 Å². The van der Waals surface area contributed by atoms with E-state index in [2.05, 4.69) is 10.0 Å². The van der Waals surface area contributed by atoms with Crippen LogP contribution in [0.4, 0.5) is 5.69 Å². The van der Waals surface area contributed by atoms with Crippen molar-refractivity contribution in [2.75, 3.05) is 18.5 Å². The van der Waals surface area contributed by atoms with Crippen LogP contribution in [-0.4, -0.2) is 38.0 Å². The van der Waals surface area contributed by atoms with Gasteiger partial charge in [-0.15, -0.1) is 0 Å². The summed E-state index contributed by atoms with van der Waals surface area (Å²) in [6.07, 6.45) is 0. The molecule has 0 spiro atoms. The Balaban J connectivity index is 2.27. The monoisotopic (exact) mass is 455 g/mol. The number of nitrogens with one attached hydrogen (secondary N) is 2. The van der Waals surface area contributed by atoms with Gasteiger partial charge in [0, 0.05) is 28.6 Å². The molecule has 0 saturated heterocycles. The summed E-state index contributed by atoms with van der Waals surface area (Å²) in [7, 11) is -4.16. The zero-order chi connectivity index (χ0) is 22.6. The van der Waals surface area contributed by atoms with Crippen molar-refractivity contribution in [3.63, 3.8) is 0 Å². The molecule has 2 rings (SSSR count). The second-order valence-corrected chi connectivity index (χ2v) is 8.79. The lowest BCUT2D eigenvalue weighted by atomic mass is 10.2. The summed E-state index contributed by atoms with van der Waals surface area (Å²) < 4.78 is 35.0. The largest absolute Gasteiger partial charge is 0.462 e. The minimum absolute atomic E-state index is 0.0191. The van der Waals surface area contributed by atoms with Crippen molar-refractivity contribution in [2.45, 2.75) is 46.1 Å². The fourth-order valence-corrected chi connectivity index (χ4v) is 4.85. The van der Waals surface area contributed by atoms with Gasteiger partial charge in [0.25, 0.3) is 0 Å². The van der Waals surface area contributed by atoms with Crippen molar-refractivity contribution < 1.29 is 22.7 Å². The Labute approximate surface area is 181 Å². The van der Waals surface area contributed by atoms with E-state index in [9.17, 15) is 18.0 Å². The smallest absolute Gasteiger partial charge is 0.341 e. The molecule has 2 N–H and O–H groups in total. The van der Waals surface area contributed by atoms with Gasteiger partial charge in [0.1, 0.15) is 10.5 Å². The number of ether oxygens (including phenoxy) is 1. The molecule has 1 amide bonds. The molecule has 0 radical (unpaired) electrons. The van der Waals surface area contributed by atoms with Gasteiger partial charge in [-0.25, -0.2) is 17.9 Å². The Morgan fingerprint density at radius 1 is 1.13 bits per heavy atom. The lowest BCUT2D eigenvalue weighted by Crippen LogP contribution is -2.34. The van der Waals surface area contributed by atoms with E-state index in [-0.39, 0.29) is 17.1 Å². The van der Waals surface area contributed by atoms with Gasteiger partial charge in [0.15, 0.2) is 0 Å². The Hall–Kier alpha value is -2.36.